The highest BCUT2D eigenvalue weighted by atomic mass is 79.9. The molecule has 88 valence electrons. The Labute approximate surface area is 108 Å². The van der Waals surface area contributed by atoms with Crippen molar-refractivity contribution in [3.8, 4) is 0 Å². The van der Waals surface area contributed by atoms with Crippen LogP contribution in [0, 0.1) is 5.82 Å². The first-order chi connectivity index (χ1) is 7.74. The highest BCUT2D eigenvalue weighted by Gasteiger charge is 2.12. The van der Waals surface area contributed by atoms with Crippen LogP contribution in [0.15, 0.2) is 22.7 Å². The lowest BCUT2D eigenvalue weighted by Crippen LogP contribution is -2.32. The lowest BCUT2D eigenvalue weighted by Gasteiger charge is -2.22. The van der Waals surface area contributed by atoms with Crippen molar-refractivity contribution in [2.75, 3.05) is 11.5 Å². The normalized spacial score (nSPS) is 17.6. The van der Waals surface area contributed by atoms with E-state index in [1.54, 1.807) is 6.07 Å². The van der Waals surface area contributed by atoms with Gasteiger partial charge in [0.2, 0.25) is 0 Å². The molecule has 4 heteroatoms. The Bertz CT molecular complexity index is 333. The Morgan fingerprint density at radius 2 is 2.06 bits per heavy atom. The maximum Gasteiger partial charge on any atom is 0.124 e. The number of halogens is 2. The molecule has 0 bridgehead atoms. The summed E-state index contributed by atoms with van der Waals surface area (Å²) >= 11 is 5.33. The van der Waals surface area contributed by atoms with E-state index in [4.69, 9.17) is 0 Å². The summed E-state index contributed by atoms with van der Waals surface area (Å²) in [6.45, 7) is 0.756. The number of thioether (sulfide) groups is 1. The number of hydrogen-bond donors (Lipinski definition) is 1. The second kappa shape index (κ2) is 6.03. The molecule has 2 rings (SSSR count). The molecule has 0 saturated carbocycles. The predicted octanol–water partition coefficient (Wildman–Crippen LogP) is 3.57. The first kappa shape index (κ1) is 12.4. The first-order valence-corrected chi connectivity index (χ1v) is 7.45. The minimum atomic E-state index is -0.176. The van der Waals surface area contributed by atoms with E-state index in [0.29, 0.717) is 6.04 Å². The molecule has 1 aromatic rings. The summed E-state index contributed by atoms with van der Waals surface area (Å²) in [6.07, 6.45) is 2.45. The summed E-state index contributed by atoms with van der Waals surface area (Å²) in [5, 5.41) is 3.49. The number of rotatable bonds is 3. The molecule has 1 aliphatic heterocycles. The summed E-state index contributed by atoms with van der Waals surface area (Å²) in [5.41, 5.74) is 1.00. The average molecular weight is 304 g/mol. The third kappa shape index (κ3) is 3.75. The second-order valence-electron chi connectivity index (χ2n) is 4.05. The summed E-state index contributed by atoms with van der Waals surface area (Å²) < 4.78 is 13.9. The molecule has 1 N–H and O–H groups in total. The summed E-state index contributed by atoms with van der Waals surface area (Å²) in [7, 11) is 0. The van der Waals surface area contributed by atoms with Gasteiger partial charge >= 0.3 is 0 Å². The van der Waals surface area contributed by atoms with Crippen LogP contribution in [-0.4, -0.2) is 17.5 Å². The Morgan fingerprint density at radius 3 is 2.75 bits per heavy atom. The zero-order chi connectivity index (χ0) is 11.4. The first-order valence-electron chi connectivity index (χ1n) is 5.50. The third-order valence-electron chi connectivity index (χ3n) is 2.74. The van der Waals surface area contributed by atoms with Gasteiger partial charge in [0.15, 0.2) is 0 Å². The highest BCUT2D eigenvalue weighted by molar-refractivity contribution is 9.10. The molecular weight excluding hydrogens is 289 g/mol. The second-order valence-corrected chi connectivity index (χ2v) is 6.19. The molecule has 0 amide bonds. The molecule has 0 spiro atoms. The topological polar surface area (TPSA) is 12.0 Å². The van der Waals surface area contributed by atoms with Crippen LogP contribution in [0.25, 0.3) is 0 Å². The van der Waals surface area contributed by atoms with Crippen LogP contribution in [-0.2, 0) is 6.54 Å². The van der Waals surface area contributed by atoms with Gasteiger partial charge < -0.3 is 5.32 Å². The number of benzene rings is 1. The molecule has 1 aliphatic rings. The fraction of sp³-hybridized carbons (Fsp3) is 0.500. The maximum atomic E-state index is 13.1. The Hall–Kier alpha value is -0.0600. The van der Waals surface area contributed by atoms with E-state index in [2.05, 4.69) is 21.2 Å². The van der Waals surface area contributed by atoms with Crippen molar-refractivity contribution in [3.63, 3.8) is 0 Å². The summed E-state index contributed by atoms with van der Waals surface area (Å²) in [4.78, 5) is 0. The smallest absolute Gasteiger partial charge is 0.124 e. The van der Waals surface area contributed by atoms with Crippen LogP contribution in [0.3, 0.4) is 0 Å². The molecule has 0 atom stereocenters. The molecule has 1 fully saturated rings. The van der Waals surface area contributed by atoms with Gasteiger partial charge in [-0.15, -0.1) is 0 Å². The van der Waals surface area contributed by atoms with Crippen LogP contribution < -0.4 is 5.32 Å². The van der Waals surface area contributed by atoms with Gasteiger partial charge in [-0.1, -0.05) is 15.9 Å². The predicted molar refractivity (Wildman–Crippen MR) is 71.3 cm³/mol. The molecule has 0 aromatic heterocycles. The maximum absolute atomic E-state index is 13.1. The lowest BCUT2D eigenvalue weighted by atomic mass is 10.1. The molecule has 1 nitrogen and oxygen atoms in total. The molecule has 0 aliphatic carbocycles. The summed E-state index contributed by atoms with van der Waals surface area (Å²) in [5.74, 6) is 2.31. The Kier molecular flexibility index (Phi) is 4.67. The average Bonchev–Trinajstić information content (AvgIpc) is 2.27. The van der Waals surface area contributed by atoms with Crippen LogP contribution in [0.1, 0.15) is 18.4 Å². The monoisotopic (exact) mass is 303 g/mol. The van der Waals surface area contributed by atoms with Crippen LogP contribution in [0.5, 0.6) is 0 Å². The van der Waals surface area contributed by atoms with E-state index in [9.17, 15) is 4.39 Å². The van der Waals surface area contributed by atoms with E-state index in [0.717, 1.165) is 16.6 Å². The van der Waals surface area contributed by atoms with Crippen LogP contribution in [0.4, 0.5) is 4.39 Å². The van der Waals surface area contributed by atoms with Gasteiger partial charge in [0.1, 0.15) is 5.82 Å². The lowest BCUT2D eigenvalue weighted by molar-refractivity contribution is 0.481. The van der Waals surface area contributed by atoms with Gasteiger partial charge in [0.25, 0.3) is 0 Å². The number of hydrogen-bond acceptors (Lipinski definition) is 2. The van der Waals surface area contributed by atoms with Gasteiger partial charge in [-0.3, -0.25) is 0 Å². The van der Waals surface area contributed by atoms with Crippen LogP contribution >= 0.6 is 27.7 Å². The zero-order valence-corrected chi connectivity index (χ0v) is 11.4. The SMILES string of the molecule is Fc1cc(Br)cc(CNC2CCSCC2)c1. The van der Waals surface area contributed by atoms with Crippen molar-refractivity contribution in [1.29, 1.82) is 0 Å². The Morgan fingerprint density at radius 1 is 1.31 bits per heavy atom. The largest absolute Gasteiger partial charge is 0.310 e. The molecule has 1 heterocycles. The molecule has 0 unspecified atom stereocenters. The van der Waals surface area contributed by atoms with E-state index in [-0.39, 0.29) is 5.82 Å². The molecule has 0 radical (unpaired) electrons. The molecular formula is C12H15BrFNS. The fourth-order valence-electron chi connectivity index (χ4n) is 1.88. The van der Waals surface area contributed by atoms with E-state index < -0.39 is 0 Å². The van der Waals surface area contributed by atoms with Crippen molar-refractivity contribution in [1.82, 2.24) is 5.32 Å². The highest BCUT2D eigenvalue weighted by Crippen LogP contribution is 2.18. The minimum absolute atomic E-state index is 0.176. The van der Waals surface area contributed by atoms with Crippen molar-refractivity contribution in [3.05, 3.63) is 34.1 Å². The molecule has 1 aromatic carbocycles. The standard InChI is InChI=1S/C12H15BrFNS/c13-10-5-9(6-11(14)7-10)8-15-12-1-3-16-4-2-12/h5-7,12,15H,1-4,8H2. The minimum Gasteiger partial charge on any atom is -0.310 e. The third-order valence-corrected chi connectivity index (χ3v) is 4.25. The fourth-order valence-corrected chi connectivity index (χ4v) is 3.50. The van der Waals surface area contributed by atoms with E-state index in [1.165, 1.54) is 30.4 Å². The van der Waals surface area contributed by atoms with Crippen molar-refractivity contribution in [2.24, 2.45) is 0 Å². The van der Waals surface area contributed by atoms with Gasteiger partial charge in [0, 0.05) is 17.1 Å². The van der Waals surface area contributed by atoms with Gasteiger partial charge in [0.05, 0.1) is 0 Å². The quantitative estimate of drug-likeness (QED) is 0.916. The molecule has 16 heavy (non-hydrogen) atoms. The van der Waals surface area contributed by atoms with Gasteiger partial charge in [-0.05, 0) is 48.1 Å². The Balaban J connectivity index is 1.88. The van der Waals surface area contributed by atoms with Crippen molar-refractivity contribution < 1.29 is 4.39 Å². The van der Waals surface area contributed by atoms with Gasteiger partial charge in [-0.2, -0.15) is 11.8 Å². The molecule has 1 saturated heterocycles. The van der Waals surface area contributed by atoms with E-state index >= 15 is 0 Å². The van der Waals surface area contributed by atoms with Gasteiger partial charge in [-0.25, -0.2) is 4.39 Å². The zero-order valence-electron chi connectivity index (χ0n) is 9.01. The summed E-state index contributed by atoms with van der Waals surface area (Å²) in [6, 6.07) is 5.65. The van der Waals surface area contributed by atoms with E-state index in [1.807, 2.05) is 17.8 Å². The van der Waals surface area contributed by atoms with Crippen LogP contribution in [0.2, 0.25) is 0 Å². The van der Waals surface area contributed by atoms with Crippen molar-refractivity contribution >= 4 is 27.7 Å². The number of nitrogens with one attached hydrogen (secondary N) is 1. The van der Waals surface area contributed by atoms with Crippen molar-refractivity contribution in [2.45, 2.75) is 25.4 Å².